The number of aliphatic hydroxyl groups excluding tert-OH is 5. The Morgan fingerprint density at radius 2 is 1.93 bits per heavy atom. The number of ketones is 1. The van der Waals surface area contributed by atoms with Gasteiger partial charge in [-0.2, -0.15) is 0 Å². The van der Waals surface area contributed by atoms with Crippen molar-refractivity contribution in [2.45, 2.75) is 31.5 Å². The van der Waals surface area contributed by atoms with Crippen molar-refractivity contribution in [3.05, 3.63) is 0 Å². The Morgan fingerprint density at radius 3 is 2.33 bits per heavy atom. The number of carbonyl (C=O) groups excluding carboxylic acids is 1. The average Bonchev–Trinajstić information content (AvgIpc) is 2.23. The lowest BCUT2D eigenvalue weighted by Crippen LogP contribution is -2.47. The lowest BCUT2D eigenvalue weighted by Gasteiger charge is -2.20. The zero-order valence-electron chi connectivity index (χ0n) is 9.24. The lowest BCUT2D eigenvalue weighted by atomic mass is 10.0. The molecule has 15 heavy (non-hydrogen) atoms. The second-order valence-electron chi connectivity index (χ2n) is 3.07. The Morgan fingerprint density at radius 1 is 1.40 bits per heavy atom. The first-order chi connectivity index (χ1) is 7.31. The third kappa shape index (κ3) is 5.17. The predicted molar refractivity (Wildman–Crippen MR) is 49.8 cm³/mol. The van der Waals surface area contributed by atoms with Crippen LogP contribution in [0.3, 0.4) is 0 Å². The Labute approximate surface area is 88.4 Å². The molecular weight excluding hydrogens is 206 g/mol. The van der Waals surface area contributed by atoms with Crippen LogP contribution in [-0.4, -0.2) is 69.0 Å². The van der Waals surface area contributed by atoms with E-state index < -0.39 is 43.5 Å². The molecule has 0 aromatic carbocycles. The van der Waals surface area contributed by atoms with Gasteiger partial charge in [-0.3, -0.25) is 10.1 Å². The van der Waals surface area contributed by atoms with Gasteiger partial charge in [0.25, 0.3) is 0 Å². The van der Waals surface area contributed by atoms with Crippen LogP contribution >= 0.6 is 0 Å². The number of hydrogen-bond donors (Lipinski definition) is 6. The van der Waals surface area contributed by atoms with Crippen LogP contribution in [0.1, 0.15) is 8.29 Å². The molecule has 5 atom stereocenters. The molecule has 2 unspecified atom stereocenters. The summed E-state index contributed by atoms with van der Waals surface area (Å²) in [6.45, 7) is -1.17. The van der Waals surface area contributed by atoms with Crippen LogP contribution in [0.15, 0.2) is 0 Å². The minimum Gasteiger partial charge on any atom is -0.394 e. The summed E-state index contributed by atoms with van der Waals surface area (Å²) >= 11 is 0. The largest absolute Gasteiger partial charge is 0.394 e. The highest BCUT2D eigenvalue weighted by Gasteiger charge is 2.29. The summed E-state index contributed by atoms with van der Waals surface area (Å²) in [7, 11) is 0. The first-order valence-corrected chi connectivity index (χ1v) is 4.36. The van der Waals surface area contributed by atoms with Gasteiger partial charge in [0.2, 0.25) is 0 Å². The van der Waals surface area contributed by atoms with Crippen LogP contribution in [0.5, 0.6) is 0 Å². The molecule has 0 bridgehead atoms. The highest BCUT2D eigenvalue weighted by Crippen LogP contribution is 2.00. The number of hydrogen-bond acceptors (Lipinski definition) is 7. The van der Waals surface area contributed by atoms with E-state index in [1.807, 2.05) is 0 Å². The van der Waals surface area contributed by atoms with Crippen LogP contribution in [0.2, 0.25) is 0 Å². The number of carbonyl (C=O) groups is 1. The lowest BCUT2D eigenvalue weighted by molar-refractivity contribution is -0.139. The molecule has 0 aliphatic carbocycles. The van der Waals surface area contributed by atoms with E-state index in [0.29, 0.717) is 0 Å². The number of nitrogens with one attached hydrogen (secondary N) is 1. The number of rotatable bonds is 7. The van der Waals surface area contributed by atoms with Crippen molar-refractivity contribution in [2.75, 3.05) is 13.1 Å². The van der Waals surface area contributed by atoms with Gasteiger partial charge in [-0.25, -0.2) is 0 Å². The van der Waals surface area contributed by atoms with Gasteiger partial charge < -0.3 is 25.5 Å². The number of Topliss-reactive ketones (excluding diaryl/α,β-unsaturated/α-hetero) is 1. The molecule has 6 N–H and O–H groups in total. The van der Waals surface area contributed by atoms with E-state index in [9.17, 15) is 15.0 Å². The predicted octanol–water partition coefficient (Wildman–Crippen LogP) is -3.44. The van der Waals surface area contributed by atoms with Crippen LogP contribution < -0.4 is 5.32 Å². The molecule has 0 aliphatic heterocycles. The highest BCUT2D eigenvalue weighted by molar-refractivity contribution is 5.85. The molecule has 0 radical (unpaired) electrons. The fourth-order valence-corrected chi connectivity index (χ4v) is 0.775. The van der Waals surface area contributed by atoms with Crippen LogP contribution in [0.4, 0.5) is 0 Å². The highest BCUT2D eigenvalue weighted by atomic mass is 16.4. The zero-order chi connectivity index (χ0) is 12.9. The van der Waals surface area contributed by atoms with E-state index in [-0.39, 0.29) is 0 Å². The molecule has 7 heteroatoms. The summed E-state index contributed by atoms with van der Waals surface area (Å²) in [5, 5.41) is 46.8. The summed E-state index contributed by atoms with van der Waals surface area (Å²) in [5.74, 6) is -1.11. The first-order valence-electron chi connectivity index (χ1n) is 4.94. The van der Waals surface area contributed by atoms with Gasteiger partial charge in [0.05, 0.1) is 14.5 Å². The smallest absolute Gasteiger partial charge is 0.177 e. The third-order valence-electron chi connectivity index (χ3n) is 1.66. The normalized spacial score (nSPS) is 22.4. The molecule has 0 amide bonds. The summed E-state index contributed by atoms with van der Waals surface area (Å²) in [5.41, 5.74) is 0. The summed E-state index contributed by atoms with van der Waals surface area (Å²) in [4.78, 5) is 11.3. The maximum absolute atomic E-state index is 11.3. The van der Waals surface area contributed by atoms with Gasteiger partial charge in [-0.1, -0.05) is 0 Å². The molecule has 0 saturated carbocycles. The second-order valence-corrected chi connectivity index (χ2v) is 3.07. The Hall–Kier alpha value is -0.570. The standard InChI is InChI=1S/C8H17NO6/c1-4(11)9-2-5(12)7(14)8(15)6(13)3-10/h4,6-11,13-15H,2-3H2,1H3/t4?,6-,7+,8+/m1/s1/i2D/t2?,4?,6-,7+,8+. The van der Waals surface area contributed by atoms with E-state index in [0.717, 1.165) is 0 Å². The quantitative estimate of drug-likeness (QED) is 0.248. The minimum atomic E-state index is -2.00. The number of aliphatic hydroxyl groups is 5. The SMILES string of the molecule is [2H]C(NC(C)O)C(=O)[C@H](O)[C@@H](O)[C@H](O)CO. The monoisotopic (exact) mass is 224 g/mol. The Kier molecular flexibility index (Phi) is 5.69. The van der Waals surface area contributed by atoms with Crippen molar-refractivity contribution in [3.63, 3.8) is 0 Å². The molecule has 0 aromatic heterocycles. The van der Waals surface area contributed by atoms with Gasteiger partial charge in [0.1, 0.15) is 24.5 Å². The fraction of sp³-hybridized carbons (Fsp3) is 0.875. The van der Waals surface area contributed by atoms with E-state index >= 15 is 0 Å². The molecule has 90 valence electrons. The van der Waals surface area contributed by atoms with Gasteiger partial charge in [0, 0.05) is 0 Å². The fourth-order valence-electron chi connectivity index (χ4n) is 0.775. The van der Waals surface area contributed by atoms with Gasteiger partial charge in [-0.15, -0.1) is 0 Å². The Balaban J connectivity index is 4.37. The Bertz CT molecular complexity index is 227. The maximum atomic E-state index is 11.3. The van der Waals surface area contributed by atoms with E-state index in [1.54, 1.807) is 0 Å². The van der Waals surface area contributed by atoms with Crippen molar-refractivity contribution in [1.29, 1.82) is 0 Å². The third-order valence-corrected chi connectivity index (χ3v) is 1.66. The summed E-state index contributed by atoms with van der Waals surface area (Å²) < 4.78 is 7.19. The van der Waals surface area contributed by atoms with Gasteiger partial charge >= 0.3 is 0 Å². The van der Waals surface area contributed by atoms with Crippen molar-refractivity contribution in [1.82, 2.24) is 5.32 Å². The molecule has 7 nitrogen and oxygen atoms in total. The second kappa shape index (κ2) is 6.83. The molecule has 0 fully saturated rings. The van der Waals surface area contributed by atoms with Crippen LogP contribution in [0, 0.1) is 0 Å². The van der Waals surface area contributed by atoms with E-state index in [2.05, 4.69) is 5.32 Å². The van der Waals surface area contributed by atoms with Crippen molar-refractivity contribution in [3.8, 4) is 0 Å². The van der Waals surface area contributed by atoms with Crippen LogP contribution in [0.25, 0.3) is 0 Å². The van der Waals surface area contributed by atoms with Crippen molar-refractivity contribution >= 4 is 5.78 Å². The van der Waals surface area contributed by atoms with Gasteiger partial charge in [0.15, 0.2) is 5.78 Å². The molecule has 0 saturated heterocycles. The molecule has 0 rings (SSSR count). The van der Waals surface area contributed by atoms with E-state index in [4.69, 9.17) is 16.7 Å². The molecule has 0 spiro atoms. The average molecular weight is 224 g/mol. The summed E-state index contributed by atoms with van der Waals surface area (Å²) in [6.07, 6.45) is -6.67. The molecular formula is C8H17NO6. The molecule has 0 aromatic rings. The van der Waals surface area contributed by atoms with Crippen molar-refractivity contribution < 1.29 is 31.7 Å². The van der Waals surface area contributed by atoms with Crippen LogP contribution in [-0.2, 0) is 4.79 Å². The van der Waals surface area contributed by atoms with Crippen molar-refractivity contribution in [2.24, 2.45) is 0 Å². The first kappa shape index (κ1) is 12.5. The summed E-state index contributed by atoms with van der Waals surface area (Å²) in [6, 6.07) is 0. The molecule has 0 aliphatic rings. The zero-order valence-corrected chi connectivity index (χ0v) is 8.24. The van der Waals surface area contributed by atoms with E-state index in [1.165, 1.54) is 6.92 Å². The maximum Gasteiger partial charge on any atom is 0.177 e. The molecule has 0 heterocycles. The topological polar surface area (TPSA) is 130 Å². The van der Waals surface area contributed by atoms with Gasteiger partial charge in [-0.05, 0) is 6.92 Å². The minimum absolute atomic E-state index is 0.821.